The first-order valence-corrected chi connectivity index (χ1v) is 6.98. The number of nitrogens with zero attached hydrogens (tertiary/aromatic N) is 2. The molecule has 0 saturated carbocycles. The van der Waals surface area contributed by atoms with E-state index in [4.69, 9.17) is 5.73 Å². The molecule has 0 spiro atoms. The zero-order valence-electron chi connectivity index (χ0n) is 10.5. The standard InChI is InChI=1S/C12H15N3O3S/c1-8-7-14(4-5-19-8)12(16)9-2-3-11(15(17)18)10(13)6-9/h2-3,6,8H,4-5,7,13H2,1H3. The van der Waals surface area contributed by atoms with E-state index in [0.717, 1.165) is 5.75 Å². The number of nitro benzene ring substituents is 1. The maximum absolute atomic E-state index is 12.3. The number of carbonyl (C=O) groups excluding carboxylic acids is 1. The number of nitrogen functional groups attached to an aromatic ring is 1. The number of rotatable bonds is 2. The second-order valence-electron chi connectivity index (χ2n) is 4.46. The highest BCUT2D eigenvalue weighted by atomic mass is 32.2. The molecule has 0 bridgehead atoms. The van der Waals surface area contributed by atoms with Crippen molar-refractivity contribution in [3.63, 3.8) is 0 Å². The first-order valence-electron chi connectivity index (χ1n) is 5.94. The molecule has 1 aliphatic rings. The van der Waals surface area contributed by atoms with Gasteiger partial charge in [0.05, 0.1) is 4.92 Å². The molecule has 1 amide bonds. The number of anilines is 1. The van der Waals surface area contributed by atoms with Gasteiger partial charge in [0.25, 0.3) is 11.6 Å². The maximum Gasteiger partial charge on any atom is 0.292 e. The molecule has 6 nitrogen and oxygen atoms in total. The molecule has 1 heterocycles. The first-order chi connectivity index (χ1) is 8.99. The summed E-state index contributed by atoms with van der Waals surface area (Å²) in [5.74, 6) is 0.795. The van der Waals surface area contributed by atoms with Crippen molar-refractivity contribution >= 4 is 29.0 Å². The highest BCUT2D eigenvalue weighted by Gasteiger charge is 2.23. The van der Waals surface area contributed by atoms with Crippen molar-refractivity contribution < 1.29 is 9.72 Å². The van der Waals surface area contributed by atoms with E-state index >= 15 is 0 Å². The van der Waals surface area contributed by atoms with Crippen molar-refractivity contribution in [2.45, 2.75) is 12.2 Å². The molecule has 1 aliphatic heterocycles. The molecule has 1 aromatic rings. The van der Waals surface area contributed by atoms with Gasteiger partial charge in [-0.15, -0.1) is 0 Å². The molecular formula is C12H15N3O3S. The summed E-state index contributed by atoms with van der Waals surface area (Å²) in [6.45, 7) is 3.47. The number of carbonyl (C=O) groups is 1. The second kappa shape index (κ2) is 5.48. The Morgan fingerprint density at radius 3 is 2.89 bits per heavy atom. The maximum atomic E-state index is 12.3. The van der Waals surface area contributed by atoms with Gasteiger partial charge < -0.3 is 10.6 Å². The van der Waals surface area contributed by atoms with E-state index in [1.54, 1.807) is 4.90 Å². The minimum atomic E-state index is -0.552. The predicted octanol–water partition coefficient (Wildman–Crippen LogP) is 1.75. The van der Waals surface area contributed by atoms with Gasteiger partial charge >= 0.3 is 0 Å². The summed E-state index contributed by atoms with van der Waals surface area (Å²) in [4.78, 5) is 24.2. The van der Waals surface area contributed by atoms with Gasteiger partial charge in [0, 0.05) is 35.7 Å². The van der Waals surface area contributed by atoms with Crippen molar-refractivity contribution in [3.8, 4) is 0 Å². The lowest BCUT2D eigenvalue weighted by atomic mass is 10.1. The topological polar surface area (TPSA) is 89.5 Å². The molecule has 1 saturated heterocycles. The van der Waals surface area contributed by atoms with Gasteiger partial charge in [-0.3, -0.25) is 14.9 Å². The van der Waals surface area contributed by atoms with Gasteiger partial charge in [0.1, 0.15) is 5.69 Å². The summed E-state index contributed by atoms with van der Waals surface area (Å²) in [6, 6.07) is 4.13. The van der Waals surface area contributed by atoms with Crippen LogP contribution in [0.1, 0.15) is 17.3 Å². The van der Waals surface area contributed by atoms with E-state index in [1.807, 2.05) is 11.8 Å². The highest BCUT2D eigenvalue weighted by Crippen LogP contribution is 2.24. The Kier molecular flexibility index (Phi) is 3.94. The Labute approximate surface area is 115 Å². The summed E-state index contributed by atoms with van der Waals surface area (Å²) >= 11 is 1.84. The molecule has 1 unspecified atom stereocenters. The van der Waals surface area contributed by atoms with E-state index in [-0.39, 0.29) is 17.3 Å². The molecule has 19 heavy (non-hydrogen) atoms. The van der Waals surface area contributed by atoms with Crippen molar-refractivity contribution in [1.82, 2.24) is 4.90 Å². The number of thioether (sulfide) groups is 1. The van der Waals surface area contributed by atoms with Crippen LogP contribution in [0.4, 0.5) is 11.4 Å². The molecule has 0 radical (unpaired) electrons. The fourth-order valence-corrected chi connectivity index (χ4v) is 3.05. The van der Waals surface area contributed by atoms with Crippen molar-refractivity contribution in [2.75, 3.05) is 24.6 Å². The van der Waals surface area contributed by atoms with Crippen molar-refractivity contribution in [1.29, 1.82) is 0 Å². The van der Waals surface area contributed by atoms with Crippen LogP contribution in [0.2, 0.25) is 0 Å². The SMILES string of the molecule is CC1CN(C(=O)c2ccc([N+](=O)[O-])c(N)c2)CCS1. The molecule has 0 aliphatic carbocycles. The van der Waals surface area contributed by atoms with E-state index in [9.17, 15) is 14.9 Å². The van der Waals surface area contributed by atoms with E-state index in [0.29, 0.717) is 23.9 Å². The fraction of sp³-hybridized carbons (Fsp3) is 0.417. The third-order valence-electron chi connectivity index (χ3n) is 3.00. The summed E-state index contributed by atoms with van der Waals surface area (Å²) in [7, 11) is 0. The molecule has 1 fully saturated rings. The average Bonchev–Trinajstić information content (AvgIpc) is 2.37. The van der Waals surface area contributed by atoms with E-state index < -0.39 is 4.92 Å². The van der Waals surface area contributed by atoms with Gasteiger partial charge in [-0.05, 0) is 12.1 Å². The van der Waals surface area contributed by atoms with Crippen LogP contribution in [0.25, 0.3) is 0 Å². The zero-order chi connectivity index (χ0) is 14.0. The van der Waals surface area contributed by atoms with E-state index in [1.165, 1.54) is 18.2 Å². The van der Waals surface area contributed by atoms with Crippen LogP contribution >= 0.6 is 11.8 Å². The van der Waals surface area contributed by atoms with Crippen LogP contribution in [0.5, 0.6) is 0 Å². The molecule has 2 N–H and O–H groups in total. The Bertz CT molecular complexity index is 521. The summed E-state index contributed by atoms with van der Waals surface area (Å²) in [5.41, 5.74) is 5.86. The van der Waals surface area contributed by atoms with Crippen LogP contribution in [-0.4, -0.2) is 39.8 Å². The number of nitrogens with two attached hydrogens (primary N) is 1. The Balaban J connectivity index is 2.19. The van der Waals surface area contributed by atoms with Crippen LogP contribution < -0.4 is 5.73 Å². The average molecular weight is 281 g/mol. The smallest absolute Gasteiger partial charge is 0.292 e. The molecule has 7 heteroatoms. The Morgan fingerprint density at radius 1 is 1.58 bits per heavy atom. The van der Waals surface area contributed by atoms with E-state index in [2.05, 4.69) is 6.92 Å². The summed E-state index contributed by atoms with van der Waals surface area (Å²) < 4.78 is 0. The largest absolute Gasteiger partial charge is 0.393 e. The molecule has 102 valence electrons. The van der Waals surface area contributed by atoms with Crippen LogP contribution in [0, 0.1) is 10.1 Å². The van der Waals surface area contributed by atoms with Crippen LogP contribution in [0.3, 0.4) is 0 Å². The third-order valence-corrected chi connectivity index (χ3v) is 4.14. The molecular weight excluding hydrogens is 266 g/mol. The lowest BCUT2D eigenvalue weighted by Gasteiger charge is -2.30. The predicted molar refractivity (Wildman–Crippen MR) is 75.3 cm³/mol. The first kappa shape index (κ1) is 13.7. The van der Waals surface area contributed by atoms with Gasteiger partial charge in [-0.25, -0.2) is 0 Å². The van der Waals surface area contributed by atoms with Gasteiger partial charge in [0.2, 0.25) is 0 Å². The highest BCUT2D eigenvalue weighted by molar-refractivity contribution is 7.99. The zero-order valence-corrected chi connectivity index (χ0v) is 11.4. The lowest BCUT2D eigenvalue weighted by molar-refractivity contribution is -0.383. The van der Waals surface area contributed by atoms with Gasteiger partial charge in [0.15, 0.2) is 0 Å². The minimum absolute atomic E-state index is 0.0234. The quantitative estimate of drug-likeness (QED) is 0.507. The molecule has 1 atom stereocenters. The monoisotopic (exact) mass is 281 g/mol. The third kappa shape index (κ3) is 2.98. The lowest BCUT2D eigenvalue weighted by Crippen LogP contribution is -2.41. The van der Waals surface area contributed by atoms with Gasteiger partial charge in [-0.1, -0.05) is 6.92 Å². The van der Waals surface area contributed by atoms with Gasteiger partial charge in [-0.2, -0.15) is 11.8 Å². The number of benzene rings is 1. The summed E-state index contributed by atoms with van der Waals surface area (Å²) in [6.07, 6.45) is 0. The fourth-order valence-electron chi connectivity index (χ4n) is 2.04. The Morgan fingerprint density at radius 2 is 2.32 bits per heavy atom. The normalized spacial score (nSPS) is 19.2. The molecule has 1 aromatic carbocycles. The number of amides is 1. The molecule has 0 aromatic heterocycles. The molecule has 2 rings (SSSR count). The van der Waals surface area contributed by atoms with Crippen molar-refractivity contribution in [3.05, 3.63) is 33.9 Å². The second-order valence-corrected chi connectivity index (χ2v) is 6.01. The number of hydrogen-bond acceptors (Lipinski definition) is 5. The Hall–Kier alpha value is -1.76. The number of hydrogen-bond donors (Lipinski definition) is 1. The summed E-state index contributed by atoms with van der Waals surface area (Å²) in [5, 5.41) is 11.1. The minimum Gasteiger partial charge on any atom is -0.393 e. The van der Waals surface area contributed by atoms with Crippen LogP contribution in [-0.2, 0) is 0 Å². The van der Waals surface area contributed by atoms with Crippen LogP contribution in [0.15, 0.2) is 18.2 Å². The number of nitro groups is 1. The van der Waals surface area contributed by atoms with Crippen molar-refractivity contribution in [2.24, 2.45) is 0 Å².